The van der Waals surface area contributed by atoms with Crippen LogP contribution in [0.15, 0.2) is 77.5 Å². The number of carbonyl (C=O) groups excluding carboxylic acids is 1. The van der Waals surface area contributed by atoms with Gasteiger partial charge in [-0.3, -0.25) is 4.79 Å². The molecule has 4 rings (SSSR count). The van der Waals surface area contributed by atoms with Crippen molar-refractivity contribution in [3.63, 3.8) is 0 Å². The number of methoxy groups -OCH3 is 1. The Morgan fingerprint density at radius 2 is 1.93 bits per heavy atom. The van der Waals surface area contributed by atoms with Crippen LogP contribution in [0, 0.1) is 5.82 Å². The molecule has 0 spiro atoms. The molecule has 0 saturated carbocycles. The van der Waals surface area contributed by atoms with Gasteiger partial charge < -0.3 is 14.6 Å². The number of nitrogens with zero attached hydrogens (tertiary/aromatic N) is 2. The van der Waals surface area contributed by atoms with Gasteiger partial charge in [-0.15, -0.1) is 0 Å². The molecule has 0 aliphatic heterocycles. The van der Waals surface area contributed by atoms with Gasteiger partial charge >= 0.3 is 0 Å². The molecule has 1 amide bonds. The van der Waals surface area contributed by atoms with Gasteiger partial charge in [-0.05, 0) is 64.0 Å². The Morgan fingerprint density at radius 1 is 1.17 bits per heavy atom. The molecule has 152 valence electrons. The molecule has 1 atom stereocenters. The first-order chi connectivity index (χ1) is 14.5. The number of fused-ring (bicyclic) bond motifs is 1. The first-order valence-electron chi connectivity index (χ1n) is 9.35. The molecule has 1 heterocycles. The third-order valence-electron chi connectivity index (χ3n) is 4.90. The van der Waals surface area contributed by atoms with Crippen molar-refractivity contribution in [1.82, 2.24) is 14.9 Å². The van der Waals surface area contributed by atoms with Gasteiger partial charge in [0, 0.05) is 11.0 Å². The summed E-state index contributed by atoms with van der Waals surface area (Å²) < 4.78 is 21.4. The minimum Gasteiger partial charge on any atom is -0.497 e. The van der Waals surface area contributed by atoms with E-state index in [0.717, 1.165) is 16.6 Å². The lowest BCUT2D eigenvalue weighted by Gasteiger charge is -2.21. The highest BCUT2D eigenvalue weighted by atomic mass is 79.9. The van der Waals surface area contributed by atoms with Crippen LogP contribution in [0.5, 0.6) is 5.75 Å². The average Bonchev–Trinajstić information content (AvgIpc) is 3.17. The van der Waals surface area contributed by atoms with E-state index in [0.29, 0.717) is 22.3 Å². The Morgan fingerprint density at radius 3 is 2.70 bits per heavy atom. The van der Waals surface area contributed by atoms with Gasteiger partial charge in [0.15, 0.2) is 0 Å². The van der Waals surface area contributed by atoms with Crippen molar-refractivity contribution in [2.75, 3.05) is 7.11 Å². The Hall–Kier alpha value is -3.19. The zero-order chi connectivity index (χ0) is 21.1. The minimum atomic E-state index is -0.395. The van der Waals surface area contributed by atoms with Gasteiger partial charge in [-0.25, -0.2) is 9.37 Å². The molecule has 1 aromatic heterocycles. The molecule has 5 nitrogen and oxygen atoms in total. The molecule has 0 bridgehead atoms. The van der Waals surface area contributed by atoms with Crippen molar-refractivity contribution in [3.8, 4) is 5.75 Å². The van der Waals surface area contributed by atoms with Crippen molar-refractivity contribution in [1.29, 1.82) is 0 Å². The first-order valence-corrected chi connectivity index (χ1v) is 10.1. The lowest BCUT2D eigenvalue weighted by atomic mass is 10.1. The lowest BCUT2D eigenvalue weighted by molar-refractivity contribution is 0.0931. The Balaban J connectivity index is 1.67. The molecule has 0 fully saturated rings. The quantitative estimate of drug-likeness (QED) is 0.428. The number of para-hydroxylation sites is 2. The van der Waals surface area contributed by atoms with E-state index >= 15 is 0 Å². The Kier molecular flexibility index (Phi) is 5.81. The number of hydrogen-bond donors (Lipinski definition) is 1. The van der Waals surface area contributed by atoms with Gasteiger partial charge in [-0.1, -0.05) is 24.3 Å². The molecule has 1 N–H and O–H groups in total. The van der Waals surface area contributed by atoms with Crippen LogP contribution in [0.3, 0.4) is 0 Å². The molecule has 0 unspecified atom stereocenters. The lowest BCUT2D eigenvalue weighted by Crippen LogP contribution is -2.31. The number of imidazole rings is 1. The largest absolute Gasteiger partial charge is 0.497 e. The van der Waals surface area contributed by atoms with Crippen LogP contribution in [-0.4, -0.2) is 22.6 Å². The maximum atomic E-state index is 13.5. The van der Waals surface area contributed by atoms with Crippen LogP contribution in [-0.2, 0) is 6.54 Å². The predicted molar refractivity (Wildman–Crippen MR) is 117 cm³/mol. The summed E-state index contributed by atoms with van der Waals surface area (Å²) in [5.41, 5.74) is 3.08. The number of rotatable bonds is 6. The molecule has 30 heavy (non-hydrogen) atoms. The Labute approximate surface area is 181 Å². The van der Waals surface area contributed by atoms with Gasteiger partial charge in [-0.2, -0.15) is 0 Å². The minimum absolute atomic E-state index is 0.264. The van der Waals surface area contributed by atoms with E-state index in [-0.39, 0.29) is 11.7 Å². The SMILES string of the molecule is COc1ccc(Br)c(C(=O)N[C@H](Cn2cnc3ccccc32)c2ccc(F)cc2)c1. The van der Waals surface area contributed by atoms with Crippen LogP contribution in [0.25, 0.3) is 11.0 Å². The number of benzene rings is 3. The summed E-state index contributed by atoms with van der Waals surface area (Å²) >= 11 is 3.43. The number of carbonyl (C=O) groups is 1. The Bertz CT molecular complexity index is 1190. The van der Waals surface area contributed by atoms with Gasteiger partial charge in [0.25, 0.3) is 5.91 Å². The first kappa shape index (κ1) is 20.1. The number of amides is 1. The highest BCUT2D eigenvalue weighted by molar-refractivity contribution is 9.10. The molecule has 7 heteroatoms. The van der Waals surface area contributed by atoms with E-state index in [2.05, 4.69) is 26.2 Å². The smallest absolute Gasteiger partial charge is 0.253 e. The van der Waals surface area contributed by atoms with Crippen LogP contribution < -0.4 is 10.1 Å². The summed E-state index contributed by atoms with van der Waals surface area (Å²) in [7, 11) is 1.55. The fraction of sp³-hybridized carbons (Fsp3) is 0.130. The molecule has 0 aliphatic carbocycles. The average molecular weight is 468 g/mol. The third-order valence-corrected chi connectivity index (χ3v) is 5.59. The molecular formula is C23H19BrFN3O2. The summed E-state index contributed by atoms with van der Waals surface area (Å²) in [5.74, 6) is -0.00532. The summed E-state index contributed by atoms with van der Waals surface area (Å²) in [6, 6.07) is 18.7. The van der Waals surface area contributed by atoms with E-state index < -0.39 is 6.04 Å². The van der Waals surface area contributed by atoms with E-state index in [1.54, 1.807) is 43.8 Å². The van der Waals surface area contributed by atoms with Gasteiger partial charge in [0.05, 0.1) is 36.1 Å². The molecule has 3 aromatic carbocycles. The second kappa shape index (κ2) is 8.67. The summed E-state index contributed by atoms with van der Waals surface area (Å²) in [6.07, 6.45) is 1.74. The summed E-state index contributed by atoms with van der Waals surface area (Å²) in [6.45, 7) is 0.444. The number of aromatic nitrogens is 2. The predicted octanol–water partition coefficient (Wildman–Crippen LogP) is 5.12. The fourth-order valence-electron chi connectivity index (χ4n) is 3.32. The number of hydrogen-bond acceptors (Lipinski definition) is 3. The van der Waals surface area contributed by atoms with Crippen molar-refractivity contribution < 1.29 is 13.9 Å². The van der Waals surface area contributed by atoms with Gasteiger partial charge in [0.1, 0.15) is 11.6 Å². The van der Waals surface area contributed by atoms with Crippen molar-refractivity contribution in [3.05, 3.63) is 94.5 Å². The van der Waals surface area contributed by atoms with Crippen LogP contribution >= 0.6 is 15.9 Å². The van der Waals surface area contributed by atoms with E-state index in [1.807, 2.05) is 28.8 Å². The van der Waals surface area contributed by atoms with E-state index in [1.165, 1.54) is 12.1 Å². The topological polar surface area (TPSA) is 56.1 Å². The zero-order valence-electron chi connectivity index (χ0n) is 16.2. The second-order valence-electron chi connectivity index (χ2n) is 6.81. The normalized spacial score (nSPS) is 12.0. The van der Waals surface area contributed by atoms with Crippen molar-refractivity contribution in [2.24, 2.45) is 0 Å². The van der Waals surface area contributed by atoms with Crippen LogP contribution in [0.1, 0.15) is 22.0 Å². The molecular weight excluding hydrogens is 449 g/mol. The number of nitrogens with one attached hydrogen (secondary N) is 1. The summed E-state index contributed by atoms with van der Waals surface area (Å²) in [4.78, 5) is 17.5. The molecule has 0 saturated heterocycles. The maximum Gasteiger partial charge on any atom is 0.253 e. The summed E-state index contributed by atoms with van der Waals surface area (Å²) in [5, 5.41) is 3.07. The van der Waals surface area contributed by atoms with Crippen LogP contribution in [0.2, 0.25) is 0 Å². The molecule has 4 aromatic rings. The molecule has 0 aliphatic rings. The third kappa shape index (κ3) is 4.21. The zero-order valence-corrected chi connectivity index (χ0v) is 17.8. The number of ether oxygens (including phenoxy) is 1. The van der Waals surface area contributed by atoms with E-state index in [9.17, 15) is 9.18 Å². The van der Waals surface area contributed by atoms with E-state index in [4.69, 9.17) is 4.74 Å². The van der Waals surface area contributed by atoms with Gasteiger partial charge in [0.2, 0.25) is 0 Å². The standard InChI is InChI=1S/C23H19BrFN3O2/c1-30-17-10-11-19(24)18(12-17)23(29)27-21(15-6-8-16(25)9-7-15)13-28-14-26-20-4-2-3-5-22(20)28/h2-12,14,21H,13H2,1H3,(H,27,29)/t21-/m1/s1. The van der Waals surface area contributed by atoms with Crippen molar-refractivity contribution >= 4 is 32.9 Å². The van der Waals surface area contributed by atoms with Crippen molar-refractivity contribution in [2.45, 2.75) is 12.6 Å². The van der Waals surface area contributed by atoms with Crippen LogP contribution in [0.4, 0.5) is 4.39 Å². The maximum absolute atomic E-state index is 13.5. The number of halogens is 2. The fourth-order valence-corrected chi connectivity index (χ4v) is 3.75. The highest BCUT2D eigenvalue weighted by Gasteiger charge is 2.20. The monoisotopic (exact) mass is 467 g/mol. The highest BCUT2D eigenvalue weighted by Crippen LogP contribution is 2.25. The second-order valence-corrected chi connectivity index (χ2v) is 7.66. The molecule has 0 radical (unpaired) electrons.